The number of aromatic amines is 1. The van der Waals surface area contributed by atoms with Gasteiger partial charge in [0.1, 0.15) is 5.69 Å². The molecule has 0 amide bonds. The quantitative estimate of drug-likeness (QED) is 0.621. The second-order valence-electron chi connectivity index (χ2n) is 4.47. The van der Waals surface area contributed by atoms with Crippen LogP contribution in [0.2, 0.25) is 5.02 Å². The molecule has 2 aromatic carbocycles. The Morgan fingerprint density at radius 2 is 1.85 bits per heavy atom. The van der Waals surface area contributed by atoms with Crippen molar-refractivity contribution in [3.63, 3.8) is 0 Å². The minimum Gasteiger partial charge on any atom is -0.493 e. The molecule has 0 saturated heterocycles. The van der Waals surface area contributed by atoms with E-state index < -0.39 is 0 Å². The van der Waals surface area contributed by atoms with Crippen molar-refractivity contribution in [2.24, 2.45) is 10.2 Å². The first-order valence-corrected chi connectivity index (χ1v) is 6.51. The first kappa shape index (κ1) is 12.7. The highest BCUT2D eigenvalue weighted by molar-refractivity contribution is 6.32. The van der Waals surface area contributed by atoms with Crippen LogP contribution in [0.1, 0.15) is 5.56 Å². The van der Waals surface area contributed by atoms with E-state index in [9.17, 15) is 5.11 Å². The van der Waals surface area contributed by atoms with E-state index >= 15 is 0 Å². The van der Waals surface area contributed by atoms with Gasteiger partial charge in [0.05, 0.1) is 10.5 Å². The van der Waals surface area contributed by atoms with Crippen molar-refractivity contribution in [3.8, 4) is 5.88 Å². The number of para-hydroxylation sites is 1. The Balaban J connectivity index is 2.10. The zero-order chi connectivity index (χ0) is 14.1. The topological polar surface area (TPSA) is 60.7 Å². The Hall–Kier alpha value is -2.33. The number of benzene rings is 2. The van der Waals surface area contributed by atoms with Gasteiger partial charge in [0.25, 0.3) is 0 Å². The fraction of sp³-hybridized carbons (Fsp3) is 0.0667. The van der Waals surface area contributed by atoms with Crippen molar-refractivity contribution in [1.82, 2.24) is 4.98 Å². The standard InChI is InChI=1S/C15H12ClN3O/c1-9-5-4-6-10-13(9)17-15(20)14(10)19-18-12-8-3-2-7-11(12)16/h2-8,17,20H,1H3. The maximum atomic E-state index is 9.96. The highest BCUT2D eigenvalue weighted by Gasteiger charge is 2.11. The van der Waals surface area contributed by atoms with Gasteiger partial charge >= 0.3 is 0 Å². The summed E-state index contributed by atoms with van der Waals surface area (Å²) in [4.78, 5) is 2.92. The molecule has 3 rings (SSSR count). The zero-order valence-electron chi connectivity index (χ0n) is 10.8. The average Bonchev–Trinajstić information content (AvgIpc) is 2.76. The SMILES string of the molecule is Cc1cccc2c(N=Nc3ccccc3Cl)c(O)[nH]c12. The van der Waals surface area contributed by atoms with Crippen molar-refractivity contribution < 1.29 is 5.11 Å². The van der Waals surface area contributed by atoms with Crippen molar-refractivity contribution in [3.05, 3.63) is 53.1 Å². The van der Waals surface area contributed by atoms with E-state index in [4.69, 9.17) is 11.6 Å². The summed E-state index contributed by atoms with van der Waals surface area (Å²) < 4.78 is 0. The van der Waals surface area contributed by atoms with Crippen molar-refractivity contribution in [1.29, 1.82) is 0 Å². The van der Waals surface area contributed by atoms with Crippen molar-refractivity contribution in [2.75, 3.05) is 0 Å². The van der Waals surface area contributed by atoms with Gasteiger partial charge in [0, 0.05) is 5.39 Å². The molecular weight excluding hydrogens is 274 g/mol. The third-order valence-corrected chi connectivity index (χ3v) is 3.43. The lowest BCUT2D eigenvalue weighted by atomic mass is 10.1. The molecule has 2 N–H and O–H groups in total. The molecule has 100 valence electrons. The normalized spacial score (nSPS) is 11.5. The predicted octanol–water partition coefficient (Wildman–Crippen LogP) is 5.25. The molecule has 1 heterocycles. The Bertz CT molecular complexity index is 808. The Labute approximate surface area is 120 Å². The number of azo groups is 1. The largest absolute Gasteiger partial charge is 0.493 e. The first-order valence-electron chi connectivity index (χ1n) is 6.13. The fourth-order valence-corrected chi connectivity index (χ4v) is 2.25. The third-order valence-electron chi connectivity index (χ3n) is 3.11. The molecule has 0 fully saturated rings. The van der Waals surface area contributed by atoms with E-state index in [0.29, 0.717) is 16.4 Å². The van der Waals surface area contributed by atoms with Gasteiger partial charge in [-0.3, -0.25) is 0 Å². The van der Waals surface area contributed by atoms with Crippen LogP contribution >= 0.6 is 11.6 Å². The molecule has 1 aromatic heterocycles. The maximum Gasteiger partial charge on any atom is 0.218 e. The fourth-order valence-electron chi connectivity index (χ4n) is 2.07. The number of nitrogens with one attached hydrogen (secondary N) is 1. The number of H-pyrrole nitrogens is 1. The van der Waals surface area contributed by atoms with Crippen LogP contribution < -0.4 is 0 Å². The molecule has 0 aliphatic heterocycles. The van der Waals surface area contributed by atoms with Gasteiger partial charge in [0.2, 0.25) is 5.88 Å². The number of aryl methyl sites for hydroxylation is 1. The lowest BCUT2D eigenvalue weighted by molar-refractivity contribution is 0.459. The van der Waals surface area contributed by atoms with Crippen molar-refractivity contribution in [2.45, 2.75) is 6.92 Å². The molecule has 0 saturated carbocycles. The molecule has 0 bridgehead atoms. The van der Waals surface area contributed by atoms with Gasteiger partial charge in [-0.1, -0.05) is 41.9 Å². The van der Waals surface area contributed by atoms with Gasteiger partial charge in [0.15, 0.2) is 5.69 Å². The lowest BCUT2D eigenvalue weighted by Crippen LogP contribution is -1.73. The molecule has 5 heteroatoms. The number of hydrogen-bond donors (Lipinski definition) is 2. The van der Waals surface area contributed by atoms with Crippen LogP contribution in [0.5, 0.6) is 5.88 Å². The summed E-state index contributed by atoms with van der Waals surface area (Å²) in [5.41, 5.74) is 2.88. The molecular formula is C15H12ClN3O. The zero-order valence-corrected chi connectivity index (χ0v) is 11.5. The molecule has 0 atom stereocenters. The van der Waals surface area contributed by atoms with E-state index in [-0.39, 0.29) is 5.88 Å². The molecule has 0 aliphatic rings. The molecule has 0 unspecified atom stereocenters. The summed E-state index contributed by atoms with van der Waals surface area (Å²) in [5, 5.41) is 19.5. The monoisotopic (exact) mass is 285 g/mol. The minimum absolute atomic E-state index is 0.00473. The second kappa shape index (κ2) is 4.98. The van der Waals surface area contributed by atoms with Crippen LogP contribution in [0.3, 0.4) is 0 Å². The molecule has 3 aromatic rings. The molecule has 20 heavy (non-hydrogen) atoms. The van der Waals surface area contributed by atoms with Gasteiger partial charge in [-0.15, -0.1) is 10.2 Å². The first-order chi connectivity index (χ1) is 9.66. The van der Waals surface area contributed by atoms with E-state index in [1.54, 1.807) is 12.1 Å². The van der Waals surface area contributed by atoms with Gasteiger partial charge in [-0.2, -0.15) is 0 Å². The third kappa shape index (κ3) is 2.14. The van der Waals surface area contributed by atoms with E-state index in [0.717, 1.165) is 16.5 Å². The van der Waals surface area contributed by atoms with Crippen LogP contribution in [0, 0.1) is 6.92 Å². The predicted molar refractivity (Wildman–Crippen MR) is 80.3 cm³/mol. The highest BCUT2D eigenvalue weighted by atomic mass is 35.5. The second-order valence-corrected chi connectivity index (χ2v) is 4.88. The van der Waals surface area contributed by atoms with Crippen LogP contribution in [0.25, 0.3) is 10.9 Å². The van der Waals surface area contributed by atoms with E-state index in [1.807, 2.05) is 37.3 Å². The number of aromatic nitrogens is 1. The summed E-state index contributed by atoms with van der Waals surface area (Å²) in [7, 11) is 0. The Morgan fingerprint density at radius 3 is 2.65 bits per heavy atom. The number of nitrogens with zero attached hydrogens (tertiary/aromatic N) is 2. The molecule has 0 radical (unpaired) electrons. The summed E-state index contributed by atoms with van der Waals surface area (Å²) in [5.74, 6) is 0.00473. The molecule has 0 spiro atoms. The number of fused-ring (bicyclic) bond motifs is 1. The van der Waals surface area contributed by atoms with Gasteiger partial charge in [-0.05, 0) is 24.6 Å². The number of halogens is 1. The van der Waals surface area contributed by atoms with E-state index in [2.05, 4.69) is 15.2 Å². The highest BCUT2D eigenvalue weighted by Crippen LogP contribution is 2.38. The number of hydrogen-bond acceptors (Lipinski definition) is 3. The summed E-state index contributed by atoms with van der Waals surface area (Å²) >= 11 is 6.02. The summed E-state index contributed by atoms with van der Waals surface area (Å²) in [6.07, 6.45) is 0. The smallest absolute Gasteiger partial charge is 0.218 e. The molecule has 0 aliphatic carbocycles. The average molecular weight is 286 g/mol. The van der Waals surface area contributed by atoms with Crippen LogP contribution in [-0.4, -0.2) is 10.1 Å². The summed E-state index contributed by atoms with van der Waals surface area (Å²) in [6, 6.07) is 12.9. The molecule has 4 nitrogen and oxygen atoms in total. The maximum absolute atomic E-state index is 9.96. The van der Waals surface area contributed by atoms with Crippen LogP contribution in [0.4, 0.5) is 11.4 Å². The van der Waals surface area contributed by atoms with Crippen molar-refractivity contribution >= 4 is 33.9 Å². The van der Waals surface area contributed by atoms with E-state index in [1.165, 1.54) is 0 Å². The summed E-state index contributed by atoms with van der Waals surface area (Å²) in [6.45, 7) is 1.97. The number of rotatable bonds is 2. The number of aromatic hydroxyl groups is 1. The van der Waals surface area contributed by atoms with Crippen LogP contribution in [0.15, 0.2) is 52.7 Å². The van der Waals surface area contributed by atoms with Gasteiger partial charge < -0.3 is 10.1 Å². The van der Waals surface area contributed by atoms with Crippen LogP contribution in [-0.2, 0) is 0 Å². The van der Waals surface area contributed by atoms with Gasteiger partial charge in [-0.25, -0.2) is 0 Å². The lowest BCUT2D eigenvalue weighted by Gasteiger charge is -1.96. The minimum atomic E-state index is 0.00473. The Kier molecular flexibility index (Phi) is 3.16. The Morgan fingerprint density at radius 1 is 1.05 bits per heavy atom.